The molecule has 1 amide bonds. The molecule has 0 bridgehead atoms. The molecule has 0 spiro atoms. The van der Waals surface area contributed by atoms with Gasteiger partial charge in [0.15, 0.2) is 12.4 Å². The van der Waals surface area contributed by atoms with Gasteiger partial charge in [0.25, 0.3) is 5.91 Å². The van der Waals surface area contributed by atoms with E-state index in [9.17, 15) is 14.9 Å². The third-order valence-electron chi connectivity index (χ3n) is 2.63. The summed E-state index contributed by atoms with van der Waals surface area (Å²) in [6, 6.07) is 11.2. The molecule has 0 aliphatic carbocycles. The fraction of sp³-hybridized carbons (Fsp3) is 0.0714. The van der Waals surface area contributed by atoms with Crippen LogP contribution in [-0.4, -0.2) is 17.4 Å². The average Bonchev–Trinajstić information content (AvgIpc) is 2.48. The van der Waals surface area contributed by atoms with Crippen molar-refractivity contribution < 1.29 is 14.5 Å². The summed E-state index contributed by atoms with van der Waals surface area (Å²) in [4.78, 5) is 22.2. The van der Waals surface area contributed by atoms with E-state index >= 15 is 0 Å². The maximum absolute atomic E-state index is 11.9. The van der Waals surface area contributed by atoms with Crippen LogP contribution < -0.4 is 10.1 Å². The molecule has 0 heterocycles. The van der Waals surface area contributed by atoms with Gasteiger partial charge in [0.1, 0.15) is 0 Å². The Labute approximate surface area is 142 Å². The molecule has 2 aromatic rings. The van der Waals surface area contributed by atoms with Crippen molar-refractivity contribution >= 4 is 49.1 Å². The zero-order valence-electron chi connectivity index (χ0n) is 11.1. The highest BCUT2D eigenvalue weighted by molar-refractivity contribution is 9.11. The van der Waals surface area contributed by atoms with E-state index in [0.717, 1.165) is 4.47 Å². The van der Waals surface area contributed by atoms with Crippen LogP contribution in [0.3, 0.4) is 0 Å². The van der Waals surface area contributed by atoms with Crippen LogP contribution in [0.2, 0.25) is 0 Å². The van der Waals surface area contributed by atoms with E-state index in [1.54, 1.807) is 24.3 Å². The number of nitrogens with one attached hydrogen (secondary N) is 1. The van der Waals surface area contributed by atoms with Crippen molar-refractivity contribution in [1.29, 1.82) is 0 Å². The second-order valence-electron chi connectivity index (χ2n) is 4.19. The van der Waals surface area contributed by atoms with Gasteiger partial charge < -0.3 is 10.1 Å². The normalized spacial score (nSPS) is 10.1. The number of hydrogen-bond donors (Lipinski definition) is 1. The molecule has 2 aromatic carbocycles. The SMILES string of the molecule is O=C(COc1ccccc1[N+](=O)[O-])Nc1ccc(Br)cc1Br. The molecule has 0 saturated carbocycles. The van der Waals surface area contributed by atoms with Gasteiger partial charge >= 0.3 is 5.69 Å². The zero-order chi connectivity index (χ0) is 16.1. The molecule has 0 aliphatic rings. The lowest BCUT2D eigenvalue weighted by Gasteiger charge is -2.09. The largest absolute Gasteiger partial charge is 0.477 e. The van der Waals surface area contributed by atoms with Crippen LogP contribution in [0.15, 0.2) is 51.4 Å². The minimum atomic E-state index is -0.557. The Morgan fingerprint density at radius 1 is 1.23 bits per heavy atom. The second kappa shape index (κ2) is 7.37. The van der Waals surface area contributed by atoms with Gasteiger partial charge in [-0.05, 0) is 40.2 Å². The van der Waals surface area contributed by atoms with Crippen LogP contribution >= 0.6 is 31.9 Å². The lowest BCUT2D eigenvalue weighted by atomic mass is 10.3. The maximum atomic E-state index is 11.9. The van der Waals surface area contributed by atoms with Gasteiger partial charge in [-0.1, -0.05) is 28.1 Å². The molecule has 0 radical (unpaired) electrons. The van der Waals surface area contributed by atoms with Crippen molar-refractivity contribution in [2.75, 3.05) is 11.9 Å². The standard InChI is InChI=1S/C14H10Br2N2O4/c15-9-5-6-11(10(16)7-9)17-14(19)8-22-13-4-2-1-3-12(13)18(20)21/h1-7H,8H2,(H,17,19). The molecular formula is C14H10Br2N2O4. The fourth-order valence-electron chi connectivity index (χ4n) is 1.65. The summed E-state index contributed by atoms with van der Waals surface area (Å²) in [6.45, 7) is -0.326. The number of anilines is 1. The number of halogens is 2. The first kappa shape index (κ1) is 16.4. The van der Waals surface area contributed by atoms with Crippen LogP contribution in [0.4, 0.5) is 11.4 Å². The molecule has 0 fully saturated rings. The number of nitro benzene ring substituents is 1. The van der Waals surface area contributed by atoms with Gasteiger partial charge in [0.05, 0.1) is 10.6 Å². The van der Waals surface area contributed by atoms with Gasteiger partial charge in [0.2, 0.25) is 0 Å². The summed E-state index contributed by atoms with van der Waals surface area (Å²) in [5.74, 6) is -0.362. The average molecular weight is 430 g/mol. The Balaban J connectivity index is 2.00. The number of ether oxygens (including phenoxy) is 1. The number of rotatable bonds is 5. The minimum absolute atomic E-state index is 0.0533. The molecule has 0 unspecified atom stereocenters. The third-order valence-corrected chi connectivity index (χ3v) is 3.78. The summed E-state index contributed by atoms with van der Waals surface area (Å²) in [6.07, 6.45) is 0. The molecule has 114 valence electrons. The van der Waals surface area contributed by atoms with Crippen molar-refractivity contribution in [3.63, 3.8) is 0 Å². The quantitative estimate of drug-likeness (QED) is 0.572. The highest BCUT2D eigenvalue weighted by Crippen LogP contribution is 2.27. The van der Waals surface area contributed by atoms with Crippen LogP contribution in [0.25, 0.3) is 0 Å². The number of carbonyl (C=O) groups is 1. The summed E-state index contributed by atoms with van der Waals surface area (Å²) in [5, 5.41) is 13.5. The number of para-hydroxylation sites is 2. The smallest absolute Gasteiger partial charge is 0.310 e. The Bertz CT molecular complexity index is 722. The number of nitro groups is 1. The zero-order valence-corrected chi connectivity index (χ0v) is 14.3. The van der Waals surface area contributed by atoms with Crippen LogP contribution in [0, 0.1) is 10.1 Å². The van der Waals surface area contributed by atoms with Crippen molar-refractivity contribution in [1.82, 2.24) is 0 Å². The molecule has 1 N–H and O–H groups in total. The molecule has 2 rings (SSSR count). The van der Waals surface area contributed by atoms with Crippen LogP contribution in [-0.2, 0) is 4.79 Å². The predicted molar refractivity (Wildman–Crippen MR) is 89.1 cm³/mol. The minimum Gasteiger partial charge on any atom is -0.477 e. The Morgan fingerprint density at radius 3 is 2.64 bits per heavy atom. The van der Waals surface area contributed by atoms with Crippen LogP contribution in [0.1, 0.15) is 0 Å². The molecular weight excluding hydrogens is 420 g/mol. The molecule has 22 heavy (non-hydrogen) atoms. The number of amides is 1. The topological polar surface area (TPSA) is 81.5 Å². The van der Waals surface area contributed by atoms with Crippen molar-refractivity contribution in [2.24, 2.45) is 0 Å². The summed E-state index contributed by atoms with van der Waals surface area (Å²) in [7, 11) is 0. The lowest BCUT2D eigenvalue weighted by Crippen LogP contribution is -2.20. The van der Waals surface area contributed by atoms with Crippen molar-refractivity contribution in [3.8, 4) is 5.75 Å². The Kier molecular flexibility index (Phi) is 5.51. The maximum Gasteiger partial charge on any atom is 0.310 e. The van der Waals surface area contributed by atoms with E-state index in [1.807, 2.05) is 0 Å². The highest BCUT2D eigenvalue weighted by atomic mass is 79.9. The molecule has 0 atom stereocenters. The van der Waals surface area contributed by atoms with Gasteiger partial charge in [-0.25, -0.2) is 0 Å². The van der Waals surface area contributed by atoms with E-state index in [1.165, 1.54) is 18.2 Å². The number of carbonyl (C=O) groups excluding carboxylic acids is 1. The third kappa shape index (κ3) is 4.28. The Hall–Kier alpha value is -1.93. The molecule has 0 aliphatic heterocycles. The second-order valence-corrected chi connectivity index (χ2v) is 5.96. The molecule has 6 nitrogen and oxygen atoms in total. The predicted octanol–water partition coefficient (Wildman–Crippen LogP) is 4.14. The van der Waals surface area contributed by atoms with Crippen molar-refractivity contribution in [3.05, 3.63) is 61.5 Å². The first-order valence-corrected chi connectivity index (χ1v) is 7.67. The number of nitrogens with zero attached hydrogens (tertiary/aromatic N) is 1. The van der Waals surface area contributed by atoms with Crippen molar-refractivity contribution in [2.45, 2.75) is 0 Å². The lowest BCUT2D eigenvalue weighted by molar-refractivity contribution is -0.385. The number of hydrogen-bond acceptors (Lipinski definition) is 4. The van der Waals surface area contributed by atoms with Gasteiger partial charge in [-0.15, -0.1) is 0 Å². The van der Waals surface area contributed by atoms with E-state index in [2.05, 4.69) is 37.2 Å². The summed E-state index contributed by atoms with van der Waals surface area (Å²) < 4.78 is 6.80. The summed E-state index contributed by atoms with van der Waals surface area (Å²) in [5.41, 5.74) is 0.402. The van der Waals surface area contributed by atoms with E-state index in [4.69, 9.17) is 4.74 Å². The van der Waals surface area contributed by atoms with Gasteiger partial charge in [0, 0.05) is 15.0 Å². The molecule has 0 aromatic heterocycles. The Morgan fingerprint density at radius 2 is 1.95 bits per heavy atom. The first-order chi connectivity index (χ1) is 10.5. The van der Waals surface area contributed by atoms with E-state index < -0.39 is 10.8 Å². The molecule has 0 saturated heterocycles. The van der Waals surface area contributed by atoms with E-state index in [0.29, 0.717) is 10.2 Å². The van der Waals surface area contributed by atoms with Gasteiger partial charge in [-0.2, -0.15) is 0 Å². The number of benzene rings is 2. The van der Waals surface area contributed by atoms with E-state index in [-0.39, 0.29) is 18.0 Å². The van der Waals surface area contributed by atoms with Gasteiger partial charge in [-0.3, -0.25) is 14.9 Å². The molecule has 8 heteroatoms. The highest BCUT2D eigenvalue weighted by Gasteiger charge is 2.15. The summed E-state index contributed by atoms with van der Waals surface area (Å²) >= 11 is 6.64. The monoisotopic (exact) mass is 428 g/mol. The first-order valence-electron chi connectivity index (χ1n) is 6.08. The fourth-order valence-corrected chi connectivity index (χ4v) is 2.80. The van der Waals surface area contributed by atoms with Crippen LogP contribution in [0.5, 0.6) is 5.75 Å².